The van der Waals surface area contributed by atoms with Gasteiger partial charge in [0.1, 0.15) is 5.76 Å². The van der Waals surface area contributed by atoms with E-state index in [1.54, 1.807) is 30.7 Å². The Balaban J connectivity index is 1.79. The minimum Gasteiger partial charge on any atom is -0.447 e. The van der Waals surface area contributed by atoms with Crippen molar-refractivity contribution in [3.63, 3.8) is 0 Å². The molecule has 9 nitrogen and oxygen atoms in total. The lowest BCUT2D eigenvalue weighted by atomic mass is 10.2. The monoisotopic (exact) mass is 417 g/mol. The lowest BCUT2D eigenvalue weighted by Gasteiger charge is -2.15. The molecule has 0 aliphatic heterocycles. The van der Waals surface area contributed by atoms with E-state index >= 15 is 0 Å². The Hall–Kier alpha value is -3.20. The number of aryl methyl sites for hydroxylation is 3. The highest BCUT2D eigenvalue weighted by Crippen LogP contribution is 2.20. The first-order chi connectivity index (χ1) is 13.8. The fraction of sp³-hybridized carbons (Fsp3) is 0.316. The topological polar surface area (TPSA) is 112 Å². The second kappa shape index (κ2) is 8.44. The zero-order valence-corrected chi connectivity index (χ0v) is 17.1. The highest BCUT2D eigenvalue weighted by Gasteiger charge is 2.25. The van der Waals surface area contributed by atoms with Gasteiger partial charge in [0.25, 0.3) is 5.91 Å². The van der Waals surface area contributed by atoms with Crippen molar-refractivity contribution in [2.45, 2.75) is 40.2 Å². The van der Waals surface area contributed by atoms with Gasteiger partial charge in [0.15, 0.2) is 23.4 Å². The number of anilines is 1. The Bertz CT molecular complexity index is 1060. The van der Waals surface area contributed by atoms with Crippen LogP contribution in [0.2, 0.25) is 5.02 Å². The zero-order chi connectivity index (χ0) is 21.1. The van der Waals surface area contributed by atoms with Crippen molar-refractivity contribution in [2.24, 2.45) is 0 Å². The van der Waals surface area contributed by atoms with Crippen LogP contribution in [-0.2, 0) is 9.53 Å². The summed E-state index contributed by atoms with van der Waals surface area (Å²) in [6, 6.07) is 6.63. The van der Waals surface area contributed by atoms with Crippen molar-refractivity contribution in [3.05, 3.63) is 52.1 Å². The van der Waals surface area contributed by atoms with Crippen LogP contribution in [0.15, 0.2) is 28.8 Å². The Labute approximate surface area is 172 Å². The molecule has 0 aliphatic carbocycles. The smallest absolute Gasteiger partial charge is 0.359 e. The van der Waals surface area contributed by atoms with Crippen LogP contribution in [0.5, 0.6) is 0 Å². The highest BCUT2D eigenvalue weighted by molar-refractivity contribution is 6.33. The number of nitrogens with one attached hydrogen (secondary N) is 1. The maximum Gasteiger partial charge on any atom is 0.359 e. The quantitative estimate of drug-likeness (QED) is 0.611. The number of amides is 1. The third kappa shape index (κ3) is 4.62. The number of hydrogen-bond donors (Lipinski definition) is 1. The molecule has 29 heavy (non-hydrogen) atoms. The van der Waals surface area contributed by atoms with E-state index in [9.17, 15) is 9.59 Å². The Morgan fingerprint density at radius 3 is 2.62 bits per heavy atom. The lowest BCUT2D eigenvalue weighted by molar-refractivity contribution is -0.124. The second-order valence-electron chi connectivity index (χ2n) is 6.45. The summed E-state index contributed by atoms with van der Waals surface area (Å²) in [4.78, 5) is 29.3. The zero-order valence-electron chi connectivity index (χ0n) is 16.4. The summed E-state index contributed by atoms with van der Waals surface area (Å²) in [7, 11) is 0. The van der Waals surface area contributed by atoms with Gasteiger partial charge in [0.2, 0.25) is 0 Å². The lowest BCUT2D eigenvalue weighted by Crippen LogP contribution is -2.32. The second-order valence-corrected chi connectivity index (χ2v) is 6.86. The molecule has 3 rings (SSSR count). The predicted octanol–water partition coefficient (Wildman–Crippen LogP) is 3.41. The number of esters is 1. The number of aromatic nitrogens is 4. The molecular formula is C19H20ClN5O4. The van der Waals surface area contributed by atoms with Crippen molar-refractivity contribution < 1.29 is 18.8 Å². The molecule has 0 aliphatic rings. The standard InChI is InChI=1S/C19H20ClN5O4/c1-5-14(18(26)21-15-9-12(4)29-24-15)28-19(27)17-13(20)6-7-16(22-17)25-11(3)8-10(2)23-25/h6-9,14H,5H2,1-4H3,(H,21,24,26). The third-order valence-electron chi connectivity index (χ3n) is 4.04. The molecule has 1 unspecified atom stereocenters. The fourth-order valence-corrected chi connectivity index (χ4v) is 2.88. The van der Waals surface area contributed by atoms with E-state index in [1.165, 1.54) is 6.07 Å². The summed E-state index contributed by atoms with van der Waals surface area (Å²) in [5, 5.41) is 10.7. The Morgan fingerprint density at radius 2 is 2.03 bits per heavy atom. The summed E-state index contributed by atoms with van der Waals surface area (Å²) in [6.45, 7) is 7.14. The van der Waals surface area contributed by atoms with Crippen molar-refractivity contribution >= 4 is 29.3 Å². The molecular weight excluding hydrogens is 398 g/mol. The van der Waals surface area contributed by atoms with E-state index in [-0.39, 0.29) is 23.0 Å². The van der Waals surface area contributed by atoms with Crippen LogP contribution >= 0.6 is 11.6 Å². The summed E-state index contributed by atoms with van der Waals surface area (Å²) in [5.74, 6) is -0.133. The first kappa shape index (κ1) is 20.5. The average Bonchev–Trinajstić information content (AvgIpc) is 3.23. The van der Waals surface area contributed by atoms with E-state index in [1.807, 2.05) is 19.9 Å². The van der Waals surface area contributed by atoms with Crippen LogP contribution in [0.25, 0.3) is 5.82 Å². The molecule has 3 aromatic heterocycles. The minimum absolute atomic E-state index is 0.0970. The maximum atomic E-state index is 12.7. The van der Waals surface area contributed by atoms with Gasteiger partial charge >= 0.3 is 5.97 Å². The highest BCUT2D eigenvalue weighted by atomic mass is 35.5. The number of pyridine rings is 1. The van der Waals surface area contributed by atoms with E-state index in [0.717, 1.165) is 11.4 Å². The minimum atomic E-state index is -1.05. The molecule has 0 saturated heterocycles. The van der Waals surface area contributed by atoms with Gasteiger partial charge in [0.05, 0.1) is 10.7 Å². The summed E-state index contributed by atoms with van der Waals surface area (Å²) >= 11 is 6.15. The molecule has 0 radical (unpaired) electrons. The molecule has 0 aromatic carbocycles. The van der Waals surface area contributed by atoms with Gasteiger partial charge in [-0.25, -0.2) is 14.5 Å². The van der Waals surface area contributed by atoms with E-state index in [2.05, 4.69) is 20.6 Å². The molecule has 1 amide bonds. The number of hydrogen-bond acceptors (Lipinski definition) is 7. The fourth-order valence-electron chi connectivity index (χ4n) is 2.69. The van der Waals surface area contributed by atoms with Crippen LogP contribution in [0.3, 0.4) is 0 Å². The molecule has 0 fully saturated rings. The summed E-state index contributed by atoms with van der Waals surface area (Å²) in [6.07, 6.45) is -0.793. The first-order valence-corrected chi connectivity index (χ1v) is 9.31. The first-order valence-electron chi connectivity index (χ1n) is 8.93. The molecule has 0 bridgehead atoms. The van der Waals surface area contributed by atoms with Crippen molar-refractivity contribution in [3.8, 4) is 5.82 Å². The van der Waals surface area contributed by atoms with Gasteiger partial charge in [-0.2, -0.15) is 5.10 Å². The number of carbonyl (C=O) groups excluding carboxylic acids is 2. The Kier molecular flexibility index (Phi) is 5.97. The molecule has 152 valence electrons. The number of halogens is 1. The third-order valence-corrected chi connectivity index (χ3v) is 4.35. The molecule has 3 heterocycles. The van der Waals surface area contributed by atoms with Crippen LogP contribution < -0.4 is 5.32 Å². The van der Waals surface area contributed by atoms with Crippen LogP contribution in [0, 0.1) is 20.8 Å². The predicted molar refractivity (Wildman–Crippen MR) is 105 cm³/mol. The summed E-state index contributed by atoms with van der Waals surface area (Å²) in [5.41, 5.74) is 1.57. The maximum absolute atomic E-state index is 12.7. The SMILES string of the molecule is CCC(OC(=O)c1nc(-n2nc(C)cc2C)ccc1Cl)C(=O)Nc1cc(C)on1. The Morgan fingerprint density at radius 1 is 1.28 bits per heavy atom. The number of ether oxygens (including phenoxy) is 1. The van der Waals surface area contributed by atoms with Crippen LogP contribution in [-0.4, -0.2) is 37.9 Å². The van der Waals surface area contributed by atoms with Gasteiger partial charge in [-0.05, 0) is 45.4 Å². The normalized spacial score (nSPS) is 11.9. The molecule has 0 saturated carbocycles. The van der Waals surface area contributed by atoms with Gasteiger partial charge in [-0.3, -0.25) is 4.79 Å². The molecule has 1 atom stereocenters. The van der Waals surface area contributed by atoms with E-state index in [4.69, 9.17) is 20.9 Å². The van der Waals surface area contributed by atoms with Gasteiger partial charge in [-0.1, -0.05) is 23.7 Å². The summed E-state index contributed by atoms with van der Waals surface area (Å²) < 4.78 is 11.8. The van der Waals surface area contributed by atoms with Crippen molar-refractivity contribution in [1.82, 2.24) is 19.9 Å². The number of carbonyl (C=O) groups is 2. The number of nitrogens with zero attached hydrogens (tertiary/aromatic N) is 4. The number of rotatable bonds is 6. The molecule has 3 aromatic rings. The van der Waals surface area contributed by atoms with Crippen LogP contribution in [0.4, 0.5) is 5.82 Å². The van der Waals surface area contributed by atoms with Gasteiger partial charge in [-0.15, -0.1) is 0 Å². The van der Waals surface area contributed by atoms with E-state index in [0.29, 0.717) is 11.6 Å². The average molecular weight is 418 g/mol. The van der Waals surface area contributed by atoms with Crippen molar-refractivity contribution in [1.29, 1.82) is 0 Å². The van der Waals surface area contributed by atoms with E-state index < -0.39 is 18.0 Å². The van der Waals surface area contributed by atoms with Gasteiger partial charge < -0.3 is 14.6 Å². The molecule has 1 N–H and O–H groups in total. The molecule has 0 spiro atoms. The van der Waals surface area contributed by atoms with Crippen LogP contribution in [0.1, 0.15) is 41.0 Å². The molecule has 10 heteroatoms. The largest absolute Gasteiger partial charge is 0.447 e. The van der Waals surface area contributed by atoms with Crippen molar-refractivity contribution in [2.75, 3.05) is 5.32 Å². The van der Waals surface area contributed by atoms with Gasteiger partial charge in [0, 0.05) is 11.8 Å².